The van der Waals surface area contributed by atoms with Gasteiger partial charge in [-0.2, -0.15) is 0 Å². The molecule has 3 nitrogen and oxygen atoms in total. The second-order valence-electron chi connectivity index (χ2n) is 5.35. The van der Waals surface area contributed by atoms with Gasteiger partial charge in [-0.15, -0.1) is 0 Å². The van der Waals surface area contributed by atoms with Gasteiger partial charge in [0.2, 0.25) is 0 Å². The van der Waals surface area contributed by atoms with E-state index in [4.69, 9.17) is 0 Å². The van der Waals surface area contributed by atoms with Crippen molar-refractivity contribution < 1.29 is 27.2 Å². The summed E-state index contributed by atoms with van der Waals surface area (Å²) in [6.07, 6.45) is 0.360. The normalized spacial score (nSPS) is 15.4. The molecule has 0 atom stereocenters. The number of allylic oxidation sites excluding steroid dienone is 5. The lowest BCUT2D eigenvalue weighted by molar-refractivity contribution is 0.0975. The van der Waals surface area contributed by atoms with Gasteiger partial charge in [0, 0.05) is 17.7 Å². The van der Waals surface area contributed by atoms with E-state index in [1.54, 1.807) is 0 Å². The Morgan fingerprint density at radius 3 is 2.32 bits per heavy atom. The van der Waals surface area contributed by atoms with E-state index in [9.17, 15) is 27.2 Å². The highest BCUT2D eigenvalue weighted by molar-refractivity contribution is 6.24. The van der Waals surface area contributed by atoms with Gasteiger partial charge in [0.15, 0.2) is 11.6 Å². The maximum atomic E-state index is 13.9. The van der Waals surface area contributed by atoms with E-state index in [1.807, 2.05) is 0 Å². The monoisotopic (exact) mass is 351 g/mol. The van der Waals surface area contributed by atoms with Crippen molar-refractivity contribution in [3.63, 3.8) is 0 Å². The van der Waals surface area contributed by atoms with E-state index in [2.05, 4.69) is 11.7 Å². The number of alkyl halides is 2. The molecule has 0 aliphatic heterocycles. The average molecular weight is 351 g/mol. The predicted octanol–water partition coefficient (Wildman–Crippen LogP) is 4.46. The fourth-order valence-corrected chi connectivity index (χ4v) is 2.27. The van der Waals surface area contributed by atoms with E-state index >= 15 is 0 Å². The van der Waals surface area contributed by atoms with Crippen LogP contribution < -0.4 is 0 Å². The molecule has 0 saturated carbocycles. The van der Waals surface area contributed by atoms with Gasteiger partial charge >= 0.3 is 0 Å². The zero-order valence-corrected chi connectivity index (χ0v) is 13.2. The molecule has 1 aromatic rings. The van der Waals surface area contributed by atoms with Crippen molar-refractivity contribution >= 4 is 18.3 Å². The van der Waals surface area contributed by atoms with Crippen LogP contribution in [0.4, 0.5) is 17.6 Å². The summed E-state index contributed by atoms with van der Waals surface area (Å²) in [7, 11) is 0. The number of ketones is 2. The minimum absolute atomic E-state index is 0.122. The number of nitrogens with zero attached hydrogens (tertiary/aromatic N) is 1. The van der Waals surface area contributed by atoms with Gasteiger partial charge in [0.1, 0.15) is 11.6 Å². The lowest BCUT2D eigenvalue weighted by Crippen LogP contribution is -2.20. The summed E-state index contributed by atoms with van der Waals surface area (Å²) in [5, 5.41) is 0. The fourth-order valence-electron chi connectivity index (χ4n) is 2.27. The van der Waals surface area contributed by atoms with Crippen molar-refractivity contribution in [2.45, 2.75) is 19.8 Å². The topological polar surface area (TPSA) is 46.5 Å². The van der Waals surface area contributed by atoms with E-state index in [1.165, 1.54) is 13.0 Å². The number of halogens is 4. The number of Topliss-reactive ketones (excluding diaryl/α,β-unsaturated/α-hetero) is 1. The van der Waals surface area contributed by atoms with Gasteiger partial charge in [-0.05, 0) is 43.5 Å². The van der Waals surface area contributed by atoms with E-state index < -0.39 is 40.8 Å². The summed E-state index contributed by atoms with van der Waals surface area (Å²) in [4.78, 5) is 28.0. The Bertz CT molecular complexity index is 851. The van der Waals surface area contributed by atoms with Crippen LogP contribution in [0.5, 0.6) is 0 Å². The second-order valence-corrected chi connectivity index (χ2v) is 5.35. The Labute approximate surface area is 141 Å². The quantitative estimate of drug-likeness (QED) is 0.447. The van der Waals surface area contributed by atoms with Crippen LogP contribution in [0, 0.1) is 11.6 Å². The zero-order valence-electron chi connectivity index (χ0n) is 13.2. The molecule has 0 heterocycles. The first-order chi connectivity index (χ1) is 11.8. The molecule has 130 valence electrons. The lowest BCUT2D eigenvalue weighted by Gasteiger charge is -2.16. The molecule has 1 aromatic carbocycles. The van der Waals surface area contributed by atoms with Gasteiger partial charge < -0.3 is 0 Å². The van der Waals surface area contributed by atoms with E-state index in [0.29, 0.717) is 0 Å². The third kappa shape index (κ3) is 3.81. The van der Waals surface area contributed by atoms with Crippen LogP contribution in [0.3, 0.4) is 0 Å². The third-order valence-electron chi connectivity index (χ3n) is 3.63. The maximum absolute atomic E-state index is 13.9. The number of hydrogen-bond acceptors (Lipinski definition) is 3. The summed E-state index contributed by atoms with van der Waals surface area (Å²) in [6, 6.07) is 1.53. The van der Waals surface area contributed by atoms with E-state index in [-0.39, 0.29) is 23.3 Å². The number of hydrogen-bond donors (Lipinski definition) is 0. The standard InChI is InChI=1S/C18H13F4NO2/c1-9(18(21)22)3-4-11(23-2)7-10-8-14(24)15-12(19)5-6-13(20)16(15)17(10)25/h3-6,8,18H,2,7H2,1H3/b9-3+,11-4-. The zero-order chi connectivity index (χ0) is 18.7. The van der Waals surface area contributed by atoms with Crippen molar-refractivity contribution in [2.75, 3.05) is 0 Å². The highest BCUT2D eigenvalue weighted by Crippen LogP contribution is 2.29. The van der Waals surface area contributed by atoms with Crippen molar-refractivity contribution in [1.29, 1.82) is 0 Å². The molecule has 1 aliphatic rings. The minimum atomic E-state index is -2.65. The Kier molecular flexibility index (Phi) is 5.46. The minimum Gasteiger partial charge on any atom is -0.289 e. The number of aliphatic imine (C=N–C) groups is 1. The summed E-state index contributed by atoms with van der Waals surface area (Å²) in [6.45, 7) is 4.49. The first-order valence-corrected chi connectivity index (χ1v) is 7.16. The van der Waals surface area contributed by atoms with Crippen LogP contribution in [0.2, 0.25) is 0 Å². The fraction of sp³-hybridized carbons (Fsp3) is 0.167. The largest absolute Gasteiger partial charge is 0.289 e. The van der Waals surface area contributed by atoms with Crippen LogP contribution in [0.15, 0.2) is 52.2 Å². The van der Waals surface area contributed by atoms with Crippen LogP contribution in [-0.2, 0) is 0 Å². The molecule has 0 saturated heterocycles. The number of benzene rings is 1. The molecule has 0 aromatic heterocycles. The van der Waals surface area contributed by atoms with Gasteiger partial charge in [-0.25, -0.2) is 17.6 Å². The van der Waals surface area contributed by atoms with Crippen LogP contribution in [0.1, 0.15) is 34.1 Å². The Morgan fingerprint density at radius 2 is 1.76 bits per heavy atom. The Balaban J connectivity index is 2.38. The number of rotatable bonds is 5. The second kappa shape index (κ2) is 7.38. The van der Waals surface area contributed by atoms with Gasteiger partial charge in [-0.1, -0.05) is 6.08 Å². The Hall–Kier alpha value is -2.83. The molecular formula is C18H13F4NO2. The molecule has 25 heavy (non-hydrogen) atoms. The first kappa shape index (κ1) is 18.5. The predicted molar refractivity (Wildman–Crippen MR) is 85.1 cm³/mol. The molecule has 0 unspecified atom stereocenters. The SMILES string of the molecule is C=N/C(=C\C=C(/C)C(F)F)CC1=CC(=O)c2c(F)ccc(F)c2C1=O. The summed E-state index contributed by atoms with van der Waals surface area (Å²) >= 11 is 0. The summed E-state index contributed by atoms with van der Waals surface area (Å²) in [5.41, 5.74) is -1.46. The molecule has 0 spiro atoms. The molecule has 7 heteroatoms. The van der Waals surface area contributed by atoms with Crippen LogP contribution in [0.25, 0.3) is 0 Å². The number of carbonyl (C=O) groups excluding carboxylic acids is 2. The lowest BCUT2D eigenvalue weighted by atomic mass is 9.87. The summed E-state index contributed by atoms with van der Waals surface area (Å²) in [5.74, 6) is -3.69. The third-order valence-corrected chi connectivity index (χ3v) is 3.63. The molecule has 0 N–H and O–H groups in total. The molecule has 0 bridgehead atoms. The molecule has 0 amide bonds. The average Bonchev–Trinajstić information content (AvgIpc) is 2.57. The molecule has 0 fully saturated rings. The molecule has 1 aliphatic carbocycles. The highest BCUT2D eigenvalue weighted by Gasteiger charge is 2.31. The van der Waals surface area contributed by atoms with Gasteiger partial charge in [0.05, 0.1) is 11.1 Å². The van der Waals surface area contributed by atoms with Crippen LogP contribution in [-0.4, -0.2) is 24.7 Å². The molecular weight excluding hydrogens is 338 g/mol. The smallest absolute Gasteiger partial charge is 0.259 e. The maximum Gasteiger partial charge on any atom is 0.259 e. The van der Waals surface area contributed by atoms with Gasteiger partial charge in [0.25, 0.3) is 6.43 Å². The van der Waals surface area contributed by atoms with Crippen LogP contribution >= 0.6 is 0 Å². The van der Waals surface area contributed by atoms with Crippen molar-refractivity contribution in [1.82, 2.24) is 0 Å². The molecule has 0 radical (unpaired) electrons. The van der Waals surface area contributed by atoms with Crippen molar-refractivity contribution in [3.8, 4) is 0 Å². The first-order valence-electron chi connectivity index (χ1n) is 7.16. The van der Waals surface area contributed by atoms with Crippen molar-refractivity contribution in [2.24, 2.45) is 4.99 Å². The molecule has 2 rings (SSSR count). The highest BCUT2D eigenvalue weighted by atomic mass is 19.3. The summed E-state index contributed by atoms with van der Waals surface area (Å²) < 4.78 is 52.6. The van der Waals surface area contributed by atoms with Gasteiger partial charge in [-0.3, -0.25) is 14.6 Å². The number of carbonyl (C=O) groups is 2. The van der Waals surface area contributed by atoms with E-state index in [0.717, 1.165) is 24.3 Å². The van der Waals surface area contributed by atoms with Crippen molar-refractivity contribution in [3.05, 3.63) is 70.0 Å². The Morgan fingerprint density at radius 1 is 1.16 bits per heavy atom. The number of fused-ring (bicyclic) bond motifs is 1.